The third-order valence-electron chi connectivity index (χ3n) is 4.37. The van der Waals surface area contributed by atoms with Crippen LogP contribution in [0.1, 0.15) is 10.4 Å². The normalized spacial score (nSPS) is 12.5. The molecule has 30 heavy (non-hydrogen) atoms. The zero-order chi connectivity index (χ0) is 21.5. The predicted molar refractivity (Wildman–Crippen MR) is 114 cm³/mol. The fourth-order valence-electron chi connectivity index (χ4n) is 2.86. The van der Waals surface area contributed by atoms with Gasteiger partial charge in [-0.1, -0.05) is 11.3 Å². The van der Waals surface area contributed by atoms with Crippen molar-refractivity contribution in [3.63, 3.8) is 0 Å². The molecular weight excluding hydrogens is 446 g/mol. The lowest BCUT2D eigenvalue weighted by Gasteiger charge is -2.04. The van der Waals surface area contributed by atoms with Gasteiger partial charge in [0.15, 0.2) is 14.6 Å². The Labute approximate surface area is 179 Å². The van der Waals surface area contributed by atoms with Gasteiger partial charge in [0.25, 0.3) is 5.91 Å². The number of fused-ring (bicyclic) bond motifs is 2. The van der Waals surface area contributed by atoms with Crippen LogP contribution >= 0.6 is 22.7 Å². The Hall–Kier alpha value is -2.89. The van der Waals surface area contributed by atoms with Crippen molar-refractivity contribution in [3.05, 3.63) is 52.3 Å². The van der Waals surface area contributed by atoms with Crippen molar-refractivity contribution in [2.45, 2.75) is 11.4 Å². The molecule has 8 nitrogen and oxygen atoms in total. The lowest BCUT2D eigenvalue weighted by atomic mass is 10.2. The van der Waals surface area contributed by atoms with E-state index in [1.807, 2.05) is 0 Å². The second kappa shape index (κ2) is 7.74. The zero-order valence-corrected chi connectivity index (χ0v) is 18.3. The molecule has 4 aromatic rings. The number of hydrogen-bond acceptors (Lipinski definition) is 8. The van der Waals surface area contributed by atoms with Crippen LogP contribution in [0.15, 0.2) is 51.8 Å². The van der Waals surface area contributed by atoms with Gasteiger partial charge in [0.1, 0.15) is 6.54 Å². The maximum Gasteiger partial charge on any atom is 0.325 e. The van der Waals surface area contributed by atoms with Crippen molar-refractivity contribution in [2.75, 3.05) is 13.4 Å². The summed E-state index contributed by atoms with van der Waals surface area (Å²) in [6, 6.07) is 9.68. The van der Waals surface area contributed by atoms with Gasteiger partial charge in [0.05, 0.1) is 37.9 Å². The third kappa shape index (κ3) is 3.91. The second-order valence-corrected chi connectivity index (χ2v) is 10.3. The summed E-state index contributed by atoms with van der Waals surface area (Å²) >= 11 is 2.55. The number of hydrogen-bond donors (Lipinski definition) is 0. The third-order valence-corrected chi connectivity index (χ3v) is 7.32. The molecule has 1 amide bonds. The summed E-state index contributed by atoms with van der Waals surface area (Å²) in [5, 5.41) is 0. The minimum Gasteiger partial charge on any atom is -0.468 e. The molecule has 0 N–H and O–H groups in total. The maximum absolute atomic E-state index is 12.8. The van der Waals surface area contributed by atoms with Crippen molar-refractivity contribution < 1.29 is 22.7 Å². The van der Waals surface area contributed by atoms with Gasteiger partial charge in [-0.15, -0.1) is 11.3 Å². The highest BCUT2D eigenvalue weighted by Gasteiger charge is 2.15. The van der Waals surface area contributed by atoms with Gasteiger partial charge in [0, 0.05) is 11.8 Å². The molecule has 154 valence electrons. The first kappa shape index (κ1) is 20.4. The van der Waals surface area contributed by atoms with E-state index in [0.29, 0.717) is 15.8 Å². The van der Waals surface area contributed by atoms with Gasteiger partial charge in [-0.05, 0) is 36.4 Å². The van der Waals surface area contributed by atoms with Crippen LogP contribution < -0.4 is 4.80 Å². The highest BCUT2D eigenvalue weighted by Crippen LogP contribution is 2.23. The standard InChI is InChI=1S/C19H15N3O5S3/c1-27-17(23)9-22-14-6-4-12(30(2,25)26)8-16(14)29-19(22)21-18(24)11-3-5-13-15(7-11)28-10-20-13/h3-8,10H,9H2,1-2H3. The number of benzene rings is 2. The summed E-state index contributed by atoms with van der Waals surface area (Å²) < 4.78 is 31.5. The van der Waals surface area contributed by atoms with E-state index in [9.17, 15) is 18.0 Å². The molecule has 2 aromatic heterocycles. The van der Waals surface area contributed by atoms with Crippen LogP contribution in [0.5, 0.6) is 0 Å². The van der Waals surface area contributed by atoms with E-state index in [0.717, 1.165) is 27.8 Å². The van der Waals surface area contributed by atoms with Crippen molar-refractivity contribution in [1.29, 1.82) is 0 Å². The fraction of sp³-hybridized carbons (Fsp3) is 0.158. The van der Waals surface area contributed by atoms with Crippen LogP contribution in [-0.4, -0.2) is 43.2 Å². The van der Waals surface area contributed by atoms with Gasteiger partial charge in [0.2, 0.25) is 0 Å². The van der Waals surface area contributed by atoms with Gasteiger partial charge < -0.3 is 9.30 Å². The SMILES string of the molecule is COC(=O)Cn1c(=NC(=O)c2ccc3ncsc3c2)sc2cc(S(C)(=O)=O)ccc21. The van der Waals surface area contributed by atoms with Crippen LogP contribution in [0, 0.1) is 0 Å². The number of thiazole rings is 2. The molecule has 2 aromatic carbocycles. The number of carbonyl (C=O) groups excluding carboxylic acids is 2. The summed E-state index contributed by atoms with van der Waals surface area (Å²) in [5.74, 6) is -0.985. The van der Waals surface area contributed by atoms with Gasteiger partial charge >= 0.3 is 5.97 Å². The van der Waals surface area contributed by atoms with Crippen molar-refractivity contribution in [3.8, 4) is 0 Å². The zero-order valence-electron chi connectivity index (χ0n) is 15.9. The average Bonchev–Trinajstić information content (AvgIpc) is 3.30. The van der Waals surface area contributed by atoms with E-state index in [1.54, 1.807) is 34.3 Å². The molecule has 0 aliphatic rings. The molecule has 2 heterocycles. The molecule has 0 saturated heterocycles. The van der Waals surface area contributed by atoms with Crippen molar-refractivity contribution in [2.24, 2.45) is 4.99 Å². The molecule has 0 unspecified atom stereocenters. The average molecular weight is 462 g/mol. The lowest BCUT2D eigenvalue weighted by Crippen LogP contribution is -2.22. The highest BCUT2D eigenvalue weighted by molar-refractivity contribution is 7.90. The number of aromatic nitrogens is 2. The van der Waals surface area contributed by atoms with Crippen molar-refractivity contribution in [1.82, 2.24) is 9.55 Å². The van der Waals surface area contributed by atoms with Crippen LogP contribution in [0.3, 0.4) is 0 Å². The number of rotatable bonds is 4. The number of amides is 1. The molecule has 0 atom stereocenters. The molecule has 0 spiro atoms. The smallest absolute Gasteiger partial charge is 0.325 e. The van der Waals surface area contributed by atoms with Crippen LogP contribution in [0.2, 0.25) is 0 Å². The number of sulfone groups is 1. The van der Waals surface area contributed by atoms with E-state index in [2.05, 4.69) is 9.98 Å². The van der Waals surface area contributed by atoms with Gasteiger partial charge in [-0.25, -0.2) is 13.4 Å². The van der Waals surface area contributed by atoms with Crippen LogP contribution in [0.25, 0.3) is 20.4 Å². The van der Waals surface area contributed by atoms with E-state index in [4.69, 9.17) is 4.74 Å². The second-order valence-electron chi connectivity index (χ2n) is 6.40. The Morgan fingerprint density at radius 3 is 2.70 bits per heavy atom. The first-order chi connectivity index (χ1) is 14.3. The Morgan fingerprint density at radius 2 is 1.97 bits per heavy atom. The largest absolute Gasteiger partial charge is 0.468 e. The summed E-state index contributed by atoms with van der Waals surface area (Å²) in [6.45, 7) is -0.158. The summed E-state index contributed by atoms with van der Waals surface area (Å²) in [7, 11) is -2.13. The predicted octanol–water partition coefficient (Wildman–Crippen LogP) is 2.63. The first-order valence-electron chi connectivity index (χ1n) is 8.59. The Balaban J connectivity index is 1.87. The molecule has 0 aliphatic carbocycles. The number of esters is 1. The number of methoxy groups -OCH3 is 1. The van der Waals surface area contributed by atoms with Crippen LogP contribution in [0.4, 0.5) is 0 Å². The molecule has 4 rings (SSSR count). The Bertz CT molecular complexity index is 1480. The topological polar surface area (TPSA) is 108 Å². The quantitative estimate of drug-likeness (QED) is 0.433. The molecule has 0 saturated carbocycles. The molecule has 0 radical (unpaired) electrons. The summed E-state index contributed by atoms with van der Waals surface area (Å²) in [4.78, 5) is 33.5. The fourth-order valence-corrected chi connectivity index (χ4v) is 5.36. The van der Waals surface area contributed by atoms with Gasteiger partial charge in [-0.2, -0.15) is 4.99 Å². The molecule has 0 fully saturated rings. The monoisotopic (exact) mass is 461 g/mol. The minimum atomic E-state index is -3.40. The highest BCUT2D eigenvalue weighted by atomic mass is 32.2. The summed E-state index contributed by atoms with van der Waals surface area (Å²) in [6.07, 6.45) is 1.12. The minimum absolute atomic E-state index is 0.148. The molecule has 0 aliphatic heterocycles. The van der Waals surface area contributed by atoms with Crippen molar-refractivity contribution >= 4 is 64.8 Å². The Morgan fingerprint density at radius 1 is 1.17 bits per heavy atom. The molecule has 11 heteroatoms. The lowest BCUT2D eigenvalue weighted by molar-refractivity contribution is -0.141. The van der Waals surface area contributed by atoms with E-state index >= 15 is 0 Å². The van der Waals surface area contributed by atoms with Crippen LogP contribution in [-0.2, 0) is 25.9 Å². The van der Waals surface area contributed by atoms with Gasteiger partial charge in [-0.3, -0.25) is 9.59 Å². The van der Waals surface area contributed by atoms with E-state index in [1.165, 1.54) is 30.6 Å². The summed E-state index contributed by atoms with van der Waals surface area (Å²) in [5.41, 5.74) is 3.48. The number of carbonyl (C=O) groups is 2. The number of ether oxygens (including phenoxy) is 1. The first-order valence-corrected chi connectivity index (χ1v) is 12.2. The Kier molecular flexibility index (Phi) is 5.26. The molecule has 0 bridgehead atoms. The number of nitrogens with zero attached hydrogens (tertiary/aromatic N) is 3. The maximum atomic E-state index is 12.8. The molecular formula is C19H15N3O5S3. The van der Waals surface area contributed by atoms with E-state index < -0.39 is 21.7 Å². The van der Waals surface area contributed by atoms with E-state index in [-0.39, 0.29) is 16.2 Å².